The number of nitrogens with zero attached hydrogens (tertiary/aromatic N) is 2. The van der Waals surface area contributed by atoms with Gasteiger partial charge in [0, 0.05) is 24.6 Å². The van der Waals surface area contributed by atoms with E-state index in [2.05, 4.69) is 9.98 Å². The average Bonchev–Trinajstić information content (AvgIpc) is 2.57. The van der Waals surface area contributed by atoms with Crippen LogP contribution in [-0.4, -0.2) is 12.4 Å². The molecule has 0 aliphatic rings. The number of halogens is 4. The zero-order chi connectivity index (χ0) is 18.5. The first-order chi connectivity index (χ1) is 12.5. The summed E-state index contributed by atoms with van der Waals surface area (Å²) in [6.45, 7) is 0. The molecule has 130 valence electrons. The van der Waals surface area contributed by atoms with E-state index in [1.807, 2.05) is 0 Å². The second-order valence-electron chi connectivity index (χ2n) is 5.44. The van der Waals surface area contributed by atoms with Crippen LogP contribution in [0.15, 0.2) is 70.6 Å². The summed E-state index contributed by atoms with van der Waals surface area (Å²) in [5, 5.41) is 0. The lowest BCUT2D eigenvalue weighted by Gasteiger charge is -1.98. The van der Waals surface area contributed by atoms with Gasteiger partial charge in [0.2, 0.25) is 0 Å². The van der Waals surface area contributed by atoms with Crippen LogP contribution in [0, 0.1) is 23.3 Å². The van der Waals surface area contributed by atoms with Gasteiger partial charge in [0.15, 0.2) is 0 Å². The molecule has 0 aliphatic carbocycles. The third-order valence-corrected chi connectivity index (χ3v) is 3.36. The Labute approximate surface area is 147 Å². The summed E-state index contributed by atoms with van der Waals surface area (Å²) in [4.78, 5) is 8.04. The molecule has 0 N–H and O–H groups in total. The van der Waals surface area contributed by atoms with Crippen molar-refractivity contribution in [2.24, 2.45) is 9.98 Å². The van der Waals surface area contributed by atoms with Crippen molar-refractivity contribution in [1.29, 1.82) is 0 Å². The van der Waals surface area contributed by atoms with Crippen LogP contribution in [0.1, 0.15) is 11.1 Å². The van der Waals surface area contributed by atoms with E-state index in [-0.39, 0.29) is 11.4 Å². The van der Waals surface area contributed by atoms with Gasteiger partial charge >= 0.3 is 0 Å². The van der Waals surface area contributed by atoms with Crippen LogP contribution in [0.25, 0.3) is 0 Å². The molecule has 3 rings (SSSR count). The van der Waals surface area contributed by atoms with Gasteiger partial charge in [-0.05, 0) is 35.4 Å². The van der Waals surface area contributed by atoms with Gasteiger partial charge in [-0.25, -0.2) is 17.6 Å². The number of rotatable bonds is 4. The predicted molar refractivity (Wildman–Crippen MR) is 93.7 cm³/mol. The molecule has 0 unspecified atom stereocenters. The molecule has 0 saturated heterocycles. The average molecular weight is 356 g/mol. The maximum atomic E-state index is 13.1. The second-order valence-corrected chi connectivity index (χ2v) is 5.44. The van der Waals surface area contributed by atoms with Crippen molar-refractivity contribution in [3.8, 4) is 0 Å². The minimum Gasteiger partial charge on any atom is -0.256 e. The first-order valence-electron chi connectivity index (χ1n) is 7.58. The molecule has 0 radical (unpaired) electrons. The lowest BCUT2D eigenvalue weighted by Crippen LogP contribution is -1.85. The van der Waals surface area contributed by atoms with Crippen LogP contribution in [-0.2, 0) is 0 Å². The largest absolute Gasteiger partial charge is 0.256 e. The monoisotopic (exact) mass is 356 g/mol. The van der Waals surface area contributed by atoms with Gasteiger partial charge in [-0.2, -0.15) is 0 Å². The maximum Gasteiger partial charge on any atom is 0.128 e. The Bertz CT molecular complexity index is 859. The smallest absolute Gasteiger partial charge is 0.128 e. The van der Waals surface area contributed by atoms with E-state index in [0.29, 0.717) is 11.1 Å². The van der Waals surface area contributed by atoms with Crippen molar-refractivity contribution < 1.29 is 17.6 Å². The molecule has 26 heavy (non-hydrogen) atoms. The molecule has 0 amide bonds. The molecule has 3 aromatic rings. The van der Waals surface area contributed by atoms with Gasteiger partial charge in [0.25, 0.3) is 0 Å². The minimum atomic E-state index is -0.697. The van der Waals surface area contributed by atoms with Crippen LogP contribution in [0.5, 0.6) is 0 Å². The quantitative estimate of drug-likeness (QED) is 0.420. The zero-order valence-electron chi connectivity index (χ0n) is 13.3. The SMILES string of the molecule is Fc1cc(F)cc(N=Cc2ccc(C=Nc3cc(F)cc(F)c3)cc2)c1. The Kier molecular flexibility index (Phi) is 5.22. The molecule has 0 atom stereocenters. The molecular weight excluding hydrogens is 344 g/mol. The van der Waals surface area contributed by atoms with E-state index >= 15 is 0 Å². The van der Waals surface area contributed by atoms with Crippen molar-refractivity contribution in [3.63, 3.8) is 0 Å². The number of hydrogen-bond acceptors (Lipinski definition) is 2. The van der Waals surface area contributed by atoms with Crippen LogP contribution >= 0.6 is 0 Å². The highest BCUT2D eigenvalue weighted by Gasteiger charge is 2.00. The lowest BCUT2D eigenvalue weighted by molar-refractivity contribution is 0.583. The molecule has 0 aromatic heterocycles. The van der Waals surface area contributed by atoms with Crippen molar-refractivity contribution >= 4 is 23.8 Å². The van der Waals surface area contributed by atoms with Crippen LogP contribution in [0.3, 0.4) is 0 Å². The van der Waals surface area contributed by atoms with Crippen molar-refractivity contribution in [1.82, 2.24) is 0 Å². The van der Waals surface area contributed by atoms with Gasteiger partial charge in [0.05, 0.1) is 11.4 Å². The van der Waals surface area contributed by atoms with Gasteiger partial charge in [-0.3, -0.25) is 9.98 Å². The minimum absolute atomic E-state index is 0.168. The van der Waals surface area contributed by atoms with Gasteiger partial charge in [0.1, 0.15) is 23.3 Å². The fourth-order valence-electron chi connectivity index (χ4n) is 2.19. The maximum absolute atomic E-state index is 13.1. The molecule has 3 aromatic carbocycles. The number of aliphatic imine (C=N–C) groups is 2. The molecule has 0 saturated carbocycles. The summed E-state index contributed by atoms with van der Waals surface area (Å²) >= 11 is 0. The normalized spacial score (nSPS) is 11.5. The molecule has 0 bridgehead atoms. The number of hydrogen-bond donors (Lipinski definition) is 0. The Morgan fingerprint density at radius 3 is 1.12 bits per heavy atom. The first-order valence-corrected chi connectivity index (χ1v) is 7.58. The summed E-state index contributed by atoms with van der Waals surface area (Å²) in [5.74, 6) is -2.79. The molecule has 0 spiro atoms. The Hall–Kier alpha value is -3.28. The Morgan fingerprint density at radius 1 is 0.500 bits per heavy atom. The predicted octanol–water partition coefficient (Wildman–Crippen LogP) is 5.74. The molecule has 0 aliphatic heterocycles. The van der Waals surface area contributed by atoms with E-state index in [0.717, 1.165) is 36.4 Å². The summed E-state index contributed by atoms with van der Waals surface area (Å²) in [6, 6.07) is 13.0. The zero-order valence-corrected chi connectivity index (χ0v) is 13.3. The molecule has 0 heterocycles. The standard InChI is InChI=1S/C20H12F4N2/c21-15-5-16(22)8-19(7-15)25-11-13-1-2-14(4-3-13)12-26-20-9-17(23)6-18(24)10-20/h1-12H. The van der Waals surface area contributed by atoms with Gasteiger partial charge in [-0.15, -0.1) is 0 Å². The van der Waals surface area contributed by atoms with Gasteiger partial charge in [-0.1, -0.05) is 24.3 Å². The Balaban J connectivity index is 1.71. The van der Waals surface area contributed by atoms with Crippen LogP contribution < -0.4 is 0 Å². The van der Waals surface area contributed by atoms with E-state index in [9.17, 15) is 17.6 Å². The van der Waals surface area contributed by atoms with Crippen LogP contribution in [0.4, 0.5) is 28.9 Å². The van der Waals surface area contributed by atoms with Gasteiger partial charge < -0.3 is 0 Å². The highest BCUT2D eigenvalue weighted by Crippen LogP contribution is 2.17. The molecule has 2 nitrogen and oxygen atoms in total. The van der Waals surface area contributed by atoms with Crippen molar-refractivity contribution in [2.45, 2.75) is 0 Å². The fourth-order valence-corrected chi connectivity index (χ4v) is 2.19. The fraction of sp³-hybridized carbons (Fsp3) is 0. The van der Waals surface area contributed by atoms with E-state index in [1.165, 1.54) is 12.4 Å². The topological polar surface area (TPSA) is 24.7 Å². The number of benzene rings is 3. The Morgan fingerprint density at radius 2 is 0.808 bits per heavy atom. The molecule has 0 fully saturated rings. The van der Waals surface area contributed by atoms with E-state index in [4.69, 9.17) is 0 Å². The highest BCUT2D eigenvalue weighted by atomic mass is 19.1. The highest BCUT2D eigenvalue weighted by molar-refractivity contribution is 5.86. The van der Waals surface area contributed by atoms with E-state index in [1.54, 1.807) is 24.3 Å². The van der Waals surface area contributed by atoms with Crippen LogP contribution in [0.2, 0.25) is 0 Å². The van der Waals surface area contributed by atoms with Crippen molar-refractivity contribution in [3.05, 3.63) is 95.1 Å². The van der Waals surface area contributed by atoms with Crippen molar-refractivity contribution in [2.75, 3.05) is 0 Å². The molecular formula is C20H12F4N2. The first kappa shape index (κ1) is 17.5. The lowest BCUT2D eigenvalue weighted by atomic mass is 10.1. The van der Waals surface area contributed by atoms with E-state index < -0.39 is 23.3 Å². The summed E-state index contributed by atoms with van der Waals surface area (Å²) in [6.07, 6.45) is 2.94. The third kappa shape index (κ3) is 4.86. The second kappa shape index (κ2) is 7.74. The summed E-state index contributed by atoms with van der Waals surface area (Å²) < 4.78 is 52.4. The molecule has 6 heteroatoms. The summed E-state index contributed by atoms with van der Waals surface area (Å²) in [5.41, 5.74) is 1.76. The summed E-state index contributed by atoms with van der Waals surface area (Å²) in [7, 11) is 0. The third-order valence-electron chi connectivity index (χ3n) is 3.36.